The first kappa shape index (κ1) is 11.4. The number of hydrogen-bond acceptors (Lipinski definition) is 1. The molecule has 1 heteroatoms. The second-order valence-corrected chi connectivity index (χ2v) is 6.05. The summed E-state index contributed by atoms with van der Waals surface area (Å²) in [6.07, 6.45) is 10.3. The fraction of sp³-hybridized carbons (Fsp3) is 1.00. The number of piperidine rings is 1. The van der Waals surface area contributed by atoms with E-state index in [4.69, 9.17) is 0 Å². The Morgan fingerprint density at radius 2 is 2.07 bits per heavy atom. The van der Waals surface area contributed by atoms with Gasteiger partial charge in [-0.25, -0.2) is 0 Å². The van der Waals surface area contributed by atoms with Gasteiger partial charge in [-0.1, -0.05) is 33.1 Å². The molecule has 2 heterocycles. The van der Waals surface area contributed by atoms with Gasteiger partial charge in [0.05, 0.1) is 0 Å². The second-order valence-electron chi connectivity index (χ2n) is 6.05. The summed E-state index contributed by atoms with van der Waals surface area (Å²) in [5, 5.41) is 0. The molecule has 0 aromatic carbocycles. The molecule has 2 atom stereocenters. The van der Waals surface area contributed by atoms with E-state index in [-0.39, 0.29) is 0 Å². The summed E-state index contributed by atoms with van der Waals surface area (Å²) in [5.41, 5.74) is 0. The van der Waals surface area contributed by atoms with Gasteiger partial charge in [0, 0.05) is 6.04 Å². The Labute approximate surface area is 95.2 Å². The van der Waals surface area contributed by atoms with E-state index in [1.165, 1.54) is 58.0 Å². The summed E-state index contributed by atoms with van der Waals surface area (Å²) >= 11 is 0. The van der Waals surface area contributed by atoms with Crippen molar-refractivity contribution in [1.82, 2.24) is 4.90 Å². The summed E-state index contributed by atoms with van der Waals surface area (Å²) in [7, 11) is 0. The minimum atomic E-state index is 0.900. The average Bonchev–Trinajstić information content (AvgIpc) is 2.64. The summed E-state index contributed by atoms with van der Waals surface area (Å²) in [6.45, 7) is 7.49. The maximum atomic E-state index is 2.74. The first-order chi connectivity index (χ1) is 7.25. The summed E-state index contributed by atoms with van der Waals surface area (Å²) in [4.78, 5) is 2.74. The second kappa shape index (κ2) is 5.34. The molecule has 0 spiro atoms. The molecule has 2 aliphatic rings. The lowest BCUT2D eigenvalue weighted by molar-refractivity contribution is 0.145. The van der Waals surface area contributed by atoms with Crippen molar-refractivity contribution >= 4 is 0 Å². The summed E-state index contributed by atoms with van der Waals surface area (Å²) < 4.78 is 0. The summed E-state index contributed by atoms with van der Waals surface area (Å²) in [6, 6.07) is 0.975. The van der Waals surface area contributed by atoms with Gasteiger partial charge in [0.1, 0.15) is 0 Å². The highest BCUT2D eigenvalue weighted by Gasteiger charge is 2.31. The van der Waals surface area contributed by atoms with Crippen LogP contribution >= 0.6 is 0 Å². The Bertz CT molecular complexity index is 188. The predicted octanol–water partition coefficient (Wildman–Crippen LogP) is 3.69. The molecule has 2 unspecified atom stereocenters. The highest BCUT2D eigenvalue weighted by molar-refractivity contribution is 4.86. The smallest absolute Gasteiger partial charge is 0.00983 e. The van der Waals surface area contributed by atoms with Crippen LogP contribution in [0, 0.1) is 11.8 Å². The van der Waals surface area contributed by atoms with Crippen molar-refractivity contribution in [1.29, 1.82) is 0 Å². The van der Waals surface area contributed by atoms with Crippen molar-refractivity contribution in [3.8, 4) is 0 Å². The van der Waals surface area contributed by atoms with Crippen LogP contribution in [0.25, 0.3) is 0 Å². The van der Waals surface area contributed by atoms with Gasteiger partial charge in [0.15, 0.2) is 0 Å². The SMILES string of the molecule is CC(C)CCCC1CCN2CCCC2C1. The monoisotopic (exact) mass is 209 g/mol. The third-order valence-corrected chi connectivity index (χ3v) is 4.32. The van der Waals surface area contributed by atoms with Crippen LogP contribution in [0.4, 0.5) is 0 Å². The van der Waals surface area contributed by atoms with E-state index < -0.39 is 0 Å². The highest BCUT2D eigenvalue weighted by atomic mass is 15.2. The van der Waals surface area contributed by atoms with Crippen LogP contribution in [-0.2, 0) is 0 Å². The quantitative estimate of drug-likeness (QED) is 0.682. The molecule has 1 nitrogen and oxygen atoms in total. The third-order valence-electron chi connectivity index (χ3n) is 4.32. The number of nitrogens with zero attached hydrogens (tertiary/aromatic N) is 1. The van der Waals surface area contributed by atoms with Crippen molar-refractivity contribution in [3.05, 3.63) is 0 Å². The molecule has 0 saturated carbocycles. The Balaban J connectivity index is 1.66. The van der Waals surface area contributed by atoms with Crippen LogP contribution < -0.4 is 0 Å². The maximum Gasteiger partial charge on any atom is 0.00983 e. The van der Waals surface area contributed by atoms with Gasteiger partial charge in [0.25, 0.3) is 0 Å². The van der Waals surface area contributed by atoms with Gasteiger partial charge in [-0.2, -0.15) is 0 Å². The predicted molar refractivity (Wildman–Crippen MR) is 66.0 cm³/mol. The van der Waals surface area contributed by atoms with E-state index in [2.05, 4.69) is 18.7 Å². The van der Waals surface area contributed by atoms with Gasteiger partial charge in [-0.3, -0.25) is 0 Å². The first-order valence-electron chi connectivity index (χ1n) is 6.99. The molecule has 2 fully saturated rings. The molecule has 15 heavy (non-hydrogen) atoms. The van der Waals surface area contributed by atoms with Crippen LogP contribution in [0.15, 0.2) is 0 Å². The zero-order chi connectivity index (χ0) is 10.7. The van der Waals surface area contributed by atoms with Gasteiger partial charge in [-0.15, -0.1) is 0 Å². The largest absolute Gasteiger partial charge is 0.300 e. The molecule has 0 aromatic rings. The Kier molecular flexibility index (Phi) is 4.07. The number of hydrogen-bond donors (Lipinski definition) is 0. The van der Waals surface area contributed by atoms with E-state index in [0.29, 0.717) is 0 Å². The lowest BCUT2D eigenvalue weighted by Gasteiger charge is -2.35. The van der Waals surface area contributed by atoms with E-state index in [1.54, 1.807) is 0 Å². The van der Waals surface area contributed by atoms with Gasteiger partial charge in [-0.05, 0) is 50.6 Å². The van der Waals surface area contributed by atoms with Crippen molar-refractivity contribution in [3.63, 3.8) is 0 Å². The van der Waals surface area contributed by atoms with Gasteiger partial charge in [0.2, 0.25) is 0 Å². The molecule has 0 aliphatic carbocycles. The first-order valence-corrected chi connectivity index (χ1v) is 6.99. The van der Waals surface area contributed by atoms with Crippen LogP contribution in [0.2, 0.25) is 0 Å². The minimum Gasteiger partial charge on any atom is -0.300 e. The molecule has 2 saturated heterocycles. The molecule has 0 bridgehead atoms. The molecule has 2 rings (SSSR count). The number of rotatable bonds is 4. The van der Waals surface area contributed by atoms with Gasteiger partial charge >= 0.3 is 0 Å². The van der Waals surface area contributed by atoms with E-state index in [1.807, 2.05) is 0 Å². The van der Waals surface area contributed by atoms with Crippen molar-refractivity contribution in [2.45, 2.75) is 64.8 Å². The normalized spacial score (nSPS) is 32.2. The van der Waals surface area contributed by atoms with E-state index in [9.17, 15) is 0 Å². The van der Waals surface area contributed by atoms with Crippen LogP contribution in [0.5, 0.6) is 0 Å². The average molecular weight is 209 g/mol. The molecule has 0 amide bonds. The van der Waals surface area contributed by atoms with Crippen LogP contribution in [-0.4, -0.2) is 24.0 Å². The number of fused-ring (bicyclic) bond motifs is 1. The molecule has 0 aromatic heterocycles. The Morgan fingerprint density at radius 3 is 2.87 bits per heavy atom. The molecule has 0 radical (unpaired) electrons. The van der Waals surface area contributed by atoms with Crippen molar-refractivity contribution in [2.75, 3.05) is 13.1 Å². The van der Waals surface area contributed by atoms with Crippen molar-refractivity contribution in [2.24, 2.45) is 11.8 Å². The van der Waals surface area contributed by atoms with Crippen LogP contribution in [0.1, 0.15) is 58.8 Å². The third kappa shape index (κ3) is 3.21. The molecular formula is C14H27N. The zero-order valence-corrected chi connectivity index (χ0v) is 10.5. The molecule has 88 valence electrons. The zero-order valence-electron chi connectivity index (χ0n) is 10.5. The molecule has 2 aliphatic heterocycles. The maximum absolute atomic E-state index is 2.74. The fourth-order valence-electron chi connectivity index (χ4n) is 3.38. The van der Waals surface area contributed by atoms with Crippen LogP contribution in [0.3, 0.4) is 0 Å². The van der Waals surface area contributed by atoms with Gasteiger partial charge < -0.3 is 4.90 Å². The lowest BCUT2D eigenvalue weighted by Crippen LogP contribution is -2.37. The highest BCUT2D eigenvalue weighted by Crippen LogP contribution is 2.32. The van der Waals surface area contributed by atoms with E-state index >= 15 is 0 Å². The summed E-state index contributed by atoms with van der Waals surface area (Å²) in [5.74, 6) is 1.96. The Morgan fingerprint density at radius 1 is 1.20 bits per heavy atom. The van der Waals surface area contributed by atoms with E-state index in [0.717, 1.165) is 17.9 Å². The standard InChI is InChI=1S/C14H27N/c1-12(2)5-3-6-13-8-10-15-9-4-7-14(15)11-13/h12-14H,3-11H2,1-2H3. The topological polar surface area (TPSA) is 3.24 Å². The molecular weight excluding hydrogens is 182 g/mol. The fourth-order valence-corrected chi connectivity index (χ4v) is 3.38. The lowest BCUT2D eigenvalue weighted by atomic mass is 9.86. The minimum absolute atomic E-state index is 0.900. The van der Waals surface area contributed by atoms with Crippen molar-refractivity contribution < 1.29 is 0 Å². The molecule has 0 N–H and O–H groups in total. The Hall–Kier alpha value is -0.0400.